The number of nitrogens with one attached hydrogen (secondary N) is 3. The van der Waals surface area contributed by atoms with Crippen molar-refractivity contribution in [2.45, 2.75) is 51.1 Å². The molecule has 0 bridgehead atoms. The molecule has 3 unspecified atom stereocenters. The van der Waals surface area contributed by atoms with Crippen molar-refractivity contribution < 1.29 is 4.79 Å². The maximum Gasteiger partial charge on any atom is 0.220 e. The van der Waals surface area contributed by atoms with Crippen LogP contribution in [0.2, 0.25) is 0 Å². The molecule has 4 rings (SSSR count). The fraction of sp³-hybridized carbons (Fsp3) is 0.727. The van der Waals surface area contributed by atoms with E-state index in [2.05, 4.69) is 45.0 Å². The predicted octanol–water partition coefficient (Wildman–Crippen LogP) is 2.23. The van der Waals surface area contributed by atoms with Gasteiger partial charge in [0, 0.05) is 38.3 Å². The van der Waals surface area contributed by atoms with Crippen LogP contribution < -0.4 is 16.0 Å². The van der Waals surface area contributed by atoms with E-state index in [0.29, 0.717) is 24.3 Å². The Morgan fingerprint density at radius 1 is 1.18 bits per heavy atom. The van der Waals surface area contributed by atoms with E-state index >= 15 is 0 Å². The summed E-state index contributed by atoms with van der Waals surface area (Å²) in [6, 6.07) is 4.81. The van der Waals surface area contributed by atoms with Gasteiger partial charge < -0.3 is 20.9 Å². The molecule has 3 heterocycles. The smallest absolute Gasteiger partial charge is 0.220 e. The van der Waals surface area contributed by atoms with Crippen molar-refractivity contribution in [2.75, 3.05) is 38.5 Å². The van der Waals surface area contributed by atoms with Gasteiger partial charge in [-0.05, 0) is 81.6 Å². The van der Waals surface area contributed by atoms with Gasteiger partial charge in [-0.25, -0.2) is 4.98 Å². The highest BCUT2D eigenvalue weighted by Gasteiger charge is 2.34. The Bertz CT molecular complexity index is 641. The number of likely N-dealkylation sites (tertiary alicyclic amines) is 1. The molecule has 1 saturated carbocycles. The Morgan fingerprint density at radius 2 is 2.04 bits per heavy atom. The minimum Gasteiger partial charge on any atom is -0.370 e. The number of fused-ring (bicyclic) bond motifs is 1. The van der Waals surface area contributed by atoms with Gasteiger partial charge in [-0.15, -0.1) is 0 Å². The van der Waals surface area contributed by atoms with Crippen molar-refractivity contribution in [3.8, 4) is 0 Å². The van der Waals surface area contributed by atoms with Crippen LogP contribution in [0.5, 0.6) is 0 Å². The second-order valence-corrected chi connectivity index (χ2v) is 9.10. The molecule has 154 valence electrons. The third kappa shape index (κ3) is 5.23. The van der Waals surface area contributed by atoms with Gasteiger partial charge in [0.1, 0.15) is 5.82 Å². The minimum absolute atomic E-state index is 0.231. The quantitative estimate of drug-likeness (QED) is 0.701. The van der Waals surface area contributed by atoms with Gasteiger partial charge in [0.2, 0.25) is 5.91 Å². The number of pyridine rings is 1. The lowest BCUT2D eigenvalue weighted by atomic mass is 9.73. The van der Waals surface area contributed by atoms with Gasteiger partial charge in [-0.2, -0.15) is 0 Å². The zero-order chi connectivity index (χ0) is 19.3. The summed E-state index contributed by atoms with van der Waals surface area (Å²) in [5, 5.41) is 10.2. The van der Waals surface area contributed by atoms with Crippen LogP contribution in [-0.2, 0) is 11.3 Å². The second kappa shape index (κ2) is 9.23. The van der Waals surface area contributed by atoms with Crippen LogP contribution in [0.4, 0.5) is 5.82 Å². The van der Waals surface area contributed by atoms with Crippen molar-refractivity contribution >= 4 is 11.7 Å². The topological polar surface area (TPSA) is 69.3 Å². The number of piperidine rings is 2. The zero-order valence-electron chi connectivity index (χ0n) is 17.1. The predicted molar refractivity (Wildman–Crippen MR) is 112 cm³/mol. The van der Waals surface area contributed by atoms with Gasteiger partial charge in [0.05, 0.1) is 0 Å². The molecule has 0 spiro atoms. The Morgan fingerprint density at radius 3 is 2.82 bits per heavy atom. The maximum absolute atomic E-state index is 11.7. The first-order valence-electron chi connectivity index (χ1n) is 11.0. The summed E-state index contributed by atoms with van der Waals surface area (Å²) in [7, 11) is 2.20. The number of nitrogens with zero attached hydrogens (tertiary/aromatic N) is 2. The first-order chi connectivity index (χ1) is 13.7. The molecule has 1 aliphatic carbocycles. The molecule has 1 amide bonds. The van der Waals surface area contributed by atoms with Gasteiger partial charge in [0.25, 0.3) is 0 Å². The molecule has 28 heavy (non-hydrogen) atoms. The first kappa shape index (κ1) is 19.6. The molecular weight excluding hydrogens is 350 g/mol. The van der Waals surface area contributed by atoms with Crippen LogP contribution in [0.3, 0.4) is 0 Å². The van der Waals surface area contributed by atoms with E-state index in [-0.39, 0.29) is 5.91 Å². The van der Waals surface area contributed by atoms with E-state index < -0.39 is 0 Å². The second-order valence-electron chi connectivity index (χ2n) is 9.10. The van der Waals surface area contributed by atoms with Crippen LogP contribution >= 0.6 is 0 Å². The number of hydrogen-bond acceptors (Lipinski definition) is 5. The Kier molecular flexibility index (Phi) is 6.47. The van der Waals surface area contributed by atoms with Crippen LogP contribution in [0.1, 0.15) is 44.1 Å². The molecule has 1 aromatic heterocycles. The molecule has 0 aromatic carbocycles. The molecule has 3 aliphatic rings. The normalized spacial score (nSPS) is 29.2. The van der Waals surface area contributed by atoms with Gasteiger partial charge in [0.15, 0.2) is 0 Å². The molecule has 0 radical (unpaired) electrons. The molecule has 3 atom stereocenters. The third-order valence-corrected chi connectivity index (χ3v) is 6.98. The van der Waals surface area contributed by atoms with E-state index in [1.54, 1.807) is 0 Å². The Labute approximate surface area is 168 Å². The molecule has 6 nitrogen and oxygen atoms in total. The molecule has 6 heteroatoms. The van der Waals surface area contributed by atoms with Gasteiger partial charge in [-0.3, -0.25) is 4.79 Å². The lowest BCUT2D eigenvalue weighted by molar-refractivity contribution is -0.125. The number of amides is 1. The van der Waals surface area contributed by atoms with Crippen molar-refractivity contribution in [2.24, 2.45) is 17.8 Å². The highest BCUT2D eigenvalue weighted by atomic mass is 16.1. The highest BCUT2D eigenvalue weighted by Crippen LogP contribution is 2.34. The van der Waals surface area contributed by atoms with Gasteiger partial charge >= 0.3 is 0 Å². The largest absolute Gasteiger partial charge is 0.370 e. The molecular formula is C22H35N5O. The molecule has 1 aromatic rings. The average molecular weight is 386 g/mol. The monoisotopic (exact) mass is 385 g/mol. The summed E-state index contributed by atoms with van der Waals surface area (Å²) in [5.74, 6) is 3.22. The third-order valence-electron chi connectivity index (χ3n) is 6.98. The molecule has 2 aliphatic heterocycles. The standard InChI is InChI=1S/C22H35N5O/c1-27-8-6-16(7-9-27)12-24-21-5-2-17(14-25-21)13-23-20-4-3-18-15-26-22(28)11-19(18)10-20/h2,5,14,16,18-20,23H,3-4,6-13,15H2,1H3,(H,24,25)(H,26,28). The van der Waals surface area contributed by atoms with E-state index in [1.807, 2.05) is 6.20 Å². The Hall–Kier alpha value is -1.66. The van der Waals surface area contributed by atoms with Crippen molar-refractivity contribution in [1.29, 1.82) is 0 Å². The average Bonchev–Trinajstić information content (AvgIpc) is 2.72. The maximum atomic E-state index is 11.7. The van der Waals surface area contributed by atoms with Crippen LogP contribution in [0.25, 0.3) is 0 Å². The number of rotatable bonds is 6. The minimum atomic E-state index is 0.231. The van der Waals surface area contributed by atoms with E-state index in [9.17, 15) is 4.79 Å². The van der Waals surface area contributed by atoms with Crippen LogP contribution in [0.15, 0.2) is 18.3 Å². The number of anilines is 1. The number of aromatic nitrogens is 1. The Balaban J connectivity index is 1.19. The van der Waals surface area contributed by atoms with Gasteiger partial charge in [-0.1, -0.05) is 6.07 Å². The summed E-state index contributed by atoms with van der Waals surface area (Å²) in [6.45, 7) is 5.18. The fourth-order valence-corrected chi connectivity index (χ4v) is 5.00. The first-order valence-corrected chi connectivity index (χ1v) is 11.0. The number of carbonyl (C=O) groups is 1. The van der Waals surface area contributed by atoms with Crippen molar-refractivity contribution in [1.82, 2.24) is 20.5 Å². The molecule has 3 N–H and O–H groups in total. The number of carbonyl (C=O) groups excluding carboxylic acids is 1. The van der Waals surface area contributed by atoms with E-state index in [1.165, 1.54) is 44.3 Å². The molecule has 2 saturated heterocycles. The lowest BCUT2D eigenvalue weighted by Crippen LogP contribution is -2.46. The van der Waals surface area contributed by atoms with Crippen molar-refractivity contribution in [3.05, 3.63) is 23.9 Å². The summed E-state index contributed by atoms with van der Waals surface area (Å²) >= 11 is 0. The lowest BCUT2D eigenvalue weighted by Gasteiger charge is -2.39. The van der Waals surface area contributed by atoms with E-state index in [0.717, 1.165) is 37.8 Å². The number of hydrogen-bond donors (Lipinski definition) is 3. The van der Waals surface area contributed by atoms with Crippen molar-refractivity contribution in [3.63, 3.8) is 0 Å². The fourth-order valence-electron chi connectivity index (χ4n) is 5.00. The van der Waals surface area contributed by atoms with E-state index in [4.69, 9.17) is 0 Å². The summed E-state index contributed by atoms with van der Waals surface area (Å²) in [5.41, 5.74) is 1.23. The zero-order valence-corrected chi connectivity index (χ0v) is 17.1. The summed E-state index contributed by atoms with van der Waals surface area (Å²) in [4.78, 5) is 18.7. The van der Waals surface area contributed by atoms with Crippen LogP contribution in [0, 0.1) is 17.8 Å². The molecule has 3 fully saturated rings. The highest BCUT2D eigenvalue weighted by molar-refractivity contribution is 5.77. The SMILES string of the molecule is CN1CCC(CNc2ccc(CNC3CCC4CNC(=O)CC4C3)cn2)CC1. The summed E-state index contributed by atoms with van der Waals surface area (Å²) in [6.07, 6.45) is 8.81. The van der Waals surface area contributed by atoms with Crippen LogP contribution in [-0.4, -0.2) is 55.1 Å². The summed E-state index contributed by atoms with van der Waals surface area (Å²) < 4.78 is 0.